The molecule has 7 nitrogen and oxygen atoms in total. The van der Waals surface area contributed by atoms with Crippen LogP contribution in [0, 0.1) is 6.92 Å². The van der Waals surface area contributed by atoms with Crippen LogP contribution < -0.4 is 4.74 Å². The molecule has 0 aromatic heterocycles. The van der Waals surface area contributed by atoms with Gasteiger partial charge in [-0.05, 0) is 56.7 Å². The number of benzene rings is 2. The molecule has 1 heterocycles. The lowest BCUT2D eigenvalue weighted by Gasteiger charge is -2.13. The summed E-state index contributed by atoms with van der Waals surface area (Å²) in [6, 6.07) is 11.7. The molecule has 0 aliphatic carbocycles. The number of carbonyl (C=O) groups is 4. The zero-order valence-corrected chi connectivity index (χ0v) is 17.0. The van der Waals surface area contributed by atoms with Gasteiger partial charge in [0, 0.05) is 18.5 Å². The van der Waals surface area contributed by atoms with Gasteiger partial charge in [-0.1, -0.05) is 11.6 Å². The van der Waals surface area contributed by atoms with Gasteiger partial charge in [0.15, 0.2) is 12.4 Å². The van der Waals surface area contributed by atoms with Crippen molar-refractivity contribution in [1.29, 1.82) is 0 Å². The molecule has 0 spiro atoms. The Morgan fingerprint density at radius 2 is 1.67 bits per heavy atom. The van der Waals surface area contributed by atoms with Gasteiger partial charge in [-0.3, -0.25) is 24.1 Å². The fourth-order valence-corrected chi connectivity index (χ4v) is 3.19. The van der Waals surface area contributed by atoms with Gasteiger partial charge in [0.05, 0.1) is 17.7 Å². The number of ketones is 1. The minimum absolute atomic E-state index is 0.00297. The number of ether oxygens (including phenoxy) is 2. The molecule has 2 aromatic carbocycles. The molecule has 0 radical (unpaired) electrons. The summed E-state index contributed by atoms with van der Waals surface area (Å²) in [5.41, 5.74) is 2.10. The van der Waals surface area contributed by atoms with Gasteiger partial charge in [0.2, 0.25) is 0 Å². The van der Waals surface area contributed by atoms with Crippen molar-refractivity contribution in [3.8, 4) is 5.75 Å². The first-order valence-corrected chi connectivity index (χ1v) is 9.79. The van der Waals surface area contributed by atoms with Crippen LogP contribution in [-0.4, -0.2) is 48.2 Å². The maximum Gasteiger partial charge on any atom is 0.306 e. The molecule has 0 saturated heterocycles. The highest BCUT2D eigenvalue weighted by Gasteiger charge is 2.35. The Morgan fingerprint density at radius 1 is 0.967 bits per heavy atom. The van der Waals surface area contributed by atoms with Gasteiger partial charge in [0.1, 0.15) is 5.75 Å². The average molecular weight is 409 g/mol. The van der Waals surface area contributed by atoms with E-state index in [-0.39, 0.29) is 43.6 Å². The standard InChI is InChI=1S/C23H23NO6/c1-3-29-17-9-7-16(8-10-17)20(25)14-30-21(26)5-4-12-24-22(27)18-11-6-15(2)13-19(18)23(24)28/h6-11,13H,3-5,12,14H2,1-2H3. The Labute approximate surface area is 174 Å². The lowest BCUT2D eigenvalue weighted by molar-refractivity contribution is -0.142. The molecule has 156 valence electrons. The summed E-state index contributed by atoms with van der Waals surface area (Å²) in [4.78, 5) is 50.0. The van der Waals surface area contributed by atoms with Gasteiger partial charge in [-0.2, -0.15) is 0 Å². The Bertz CT molecular complexity index is 980. The predicted molar refractivity (Wildman–Crippen MR) is 109 cm³/mol. The molecular weight excluding hydrogens is 386 g/mol. The maximum atomic E-state index is 12.4. The number of carbonyl (C=O) groups excluding carboxylic acids is 4. The molecule has 0 atom stereocenters. The molecule has 0 saturated carbocycles. The van der Waals surface area contributed by atoms with E-state index in [0.29, 0.717) is 29.0 Å². The number of aryl methyl sites for hydroxylation is 1. The van der Waals surface area contributed by atoms with E-state index < -0.39 is 5.97 Å². The van der Waals surface area contributed by atoms with E-state index in [9.17, 15) is 19.2 Å². The fourth-order valence-electron chi connectivity index (χ4n) is 3.19. The summed E-state index contributed by atoms with van der Waals surface area (Å²) in [5.74, 6) is -0.912. The number of hydrogen-bond donors (Lipinski definition) is 0. The van der Waals surface area contributed by atoms with Gasteiger partial charge in [-0.15, -0.1) is 0 Å². The summed E-state index contributed by atoms with van der Waals surface area (Å²) >= 11 is 0. The molecule has 1 aliphatic heterocycles. The fraction of sp³-hybridized carbons (Fsp3) is 0.304. The van der Waals surface area contributed by atoms with Crippen LogP contribution in [0.15, 0.2) is 42.5 Å². The van der Waals surface area contributed by atoms with E-state index in [1.807, 2.05) is 13.8 Å². The van der Waals surface area contributed by atoms with Crippen molar-refractivity contribution in [1.82, 2.24) is 4.90 Å². The van der Waals surface area contributed by atoms with Crippen molar-refractivity contribution >= 4 is 23.6 Å². The average Bonchev–Trinajstić information content (AvgIpc) is 2.97. The third-order valence-corrected chi connectivity index (χ3v) is 4.74. The molecular formula is C23H23NO6. The van der Waals surface area contributed by atoms with E-state index in [4.69, 9.17) is 9.47 Å². The number of Topliss-reactive ketones (excluding diaryl/α,β-unsaturated/α-hetero) is 1. The highest BCUT2D eigenvalue weighted by molar-refractivity contribution is 6.21. The highest BCUT2D eigenvalue weighted by Crippen LogP contribution is 2.24. The van der Waals surface area contributed by atoms with Crippen molar-refractivity contribution in [3.63, 3.8) is 0 Å². The third-order valence-electron chi connectivity index (χ3n) is 4.74. The van der Waals surface area contributed by atoms with Crippen molar-refractivity contribution in [2.24, 2.45) is 0 Å². The van der Waals surface area contributed by atoms with E-state index in [1.165, 1.54) is 0 Å². The minimum Gasteiger partial charge on any atom is -0.494 e. The predicted octanol–water partition coefficient (Wildman–Crippen LogP) is 3.20. The lowest BCUT2D eigenvalue weighted by atomic mass is 10.1. The van der Waals surface area contributed by atoms with Gasteiger partial charge >= 0.3 is 5.97 Å². The van der Waals surface area contributed by atoms with Crippen LogP contribution in [0.3, 0.4) is 0 Å². The summed E-state index contributed by atoms with van der Waals surface area (Å²) in [5, 5.41) is 0. The minimum atomic E-state index is -0.554. The second-order valence-electron chi connectivity index (χ2n) is 6.96. The Kier molecular flexibility index (Phi) is 6.61. The van der Waals surface area contributed by atoms with Crippen LogP contribution in [0.1, 0.15) is 56.4 Å². The zero-order valence-electron chi connectivity index (χ0n) is 17.0. The molecule has 2 amide bonds. The van der Waals surface area contributed by atoms with Crippen LogP contribution in [0.2, 0.25) is 0 Å². The lowest BCUT2D eigenvalue weighted by Crippen LogP contribution is -2.31. The zero-order chi connectivity index (χ0) is 21.7. The first kappa shape index (κ1) is 21.2. The van der Waals surface area contributed by atoms with E-state index >= 15 is 0 Å². The first-order chi connectivity index (χ1) is 14.4. The van der Waals surface area contributed by atoms with Gasteiger partial charge in [-0.25, -0.2) is 0 Å². The number of hydrogen-bond acceptors (Lipinski definition) is 6. The molecule has 7 heteroatoms. The molecule has 0 N–H and O–H groups in total. The van der Waals surface area contributed by atoms with E-state index in [1.54, 1.807) is 42.5 Å². The van der Waals surface area contributed by atoms with Crippen molar-refractivity contribution < 1.29 is 28.7 Å². The number of nitrogens with zero attached hydrogens (tertiary/aromatic N) is 1. The summed E-state index contributed by atoms with van der Waals surface area (Å²) in [6.45, 7) is 4.01. The Balaban J connectivity index is 1.43. The Hall–Kier alpha value is -3.48. The normalized spacial score (nSPS) is 12.7. The maximum absolute atomic E-state index is 12.4. The molecule has 0 unspecified atom stereocenters. The molecule has 0 bridgehead atoms. The molecule has 30 heavy (non-hydrogen) atoms. The number of rotatable bonds is 9. The highest BCUT2D eigenvalue weighted by atomic mass is 16.5. The molecule has 3 rings (SSSR count). The Morgan fingerprint density at radius 3 is 2.37 bits per heavy atom. The van der Waals surface area contributed by atoms with E-state index in [0.717, 1.165) is 10.5 Å². The van der Waals surface area contributed by atoms with Crippen LogP contribution in [0.25, 0.3) is 0 Å². The quantitative estimate of drug-likeness (QED) is 0.359. The molecule has 1 aliphatic rings. The number of amides is 2. The SMILES string of the molecule is CCOc1ccc(C(=O)COC(=O)CCCN2C(=O)c3ccc(C)cc3C2=O)cc1. The van der Waals surface area contributed by atoms with Crippen LogP contribution in [0.5, 0.6) is 5.75 Å². The van der Waals surface area contributed by atoms with Crippen LogP contribution in [0.4, 0.5) is 0 Å². The number of esters is 1. The summed E-state index contributed by atoms with van der Waals surface area (Å²) in [6.07, 6.45) is 0.267. The molecule has 0 fully saturated rings. The van der Waals surface area contributed by atoms with Crippen LogP contribution in [-0.2, 0) is 9.53 Å². The van der Waals surface area contributed by atoms with Crippen LogP contribution >= 0.6 is 0 Å². The summed E-state index contributed by atoms with van der Waals surface area (Å²) < 4.78 is 10.3. The monoisotopic (exact) mass is 409 g/mol. The van der Waals surface area contributed by atoms with Crippen molar-refractivity contribution in [2.45, 2.75) is 26.7 Å². The van der Waals surface area contributed by atoms with Gasteiger partial charge < -0.3 is 9.47 Å². The topological polar surface area (TPSA) is 90.0 Å². The third kappa shape index (κ3) is 4.74. The van der Waals surface area contributed by atoms with Gasteiger partial charge in [0.25, 0.3) is 11.8 Å². The van der Waals surface area contributed by atoms with E-state index in [2.05, 4.69) is 0 Å². The molecule has 2 aromatic rings. The smallest absolute Gasteiger partial charge is 0.306 e. The largest absolute Gasteiger partial charge is 0.494 e. The van der Waals surface area contributed by atoms with Crippen molar-refractivity contribution in [2.75, 3.05) is 19.8 Å². The first-order valence-electron chi connectivity index (χ1n) is 9.79. The van der Waals surface area contributed by atoms with Crippen molar-refractivity contribution in [3.05, 3.63) is 64.7 Å². The second-order valence-corrected chi connectivity index (χ2v) is 6.96. The number of imide groups is 1. The number of fused-ring (bicyclic) bond motifs is 1. The second kappa shape index (κ2) is 9.35. The summed E-state index contributed by atoms with van der Waals surface area (Å²) in [7, 11) is 0.